The van der Waals surface area contributed by atoms with Gasteiger partial charge >= 0.3 is 11.9 Å². The number of anilines is 2. The molecule has 34 heavy (non-hydrogen) atoms. The van der Waals surface area contributed by atoms with Crippen LogP contribution in [0.4, 0.5) is 11.4 Å². The van der Waals surface area contributed by atoms with Crippen LogP contribution in [0.5, 0.6) is 0 Å². The van der Waals surface area contributed by atoms with E-state index in [4.69, 9.17) is 15.7 Å². The van der Waals surface area contributed by atoms with E-state index >= 15 is 0 Å². The fraction of sp³-hybridized carbons (Fsp3) is 0.0435. The Morgan fingerprint density at radius 2 is 1.18 bits per heavy atom. The number of aromatic carboxylic acids is 2. The third-order valence-electron chi connectivity index (χ3n) is 4.62. The summed E-state index contributed by atoms with van der Waals surface area (Å²) >= 11 is 0. The zero-order valence-electron chi connectivity index (χ0n) is 17.4. The molecule has 11 nitrogen and oxygen atoms in total. The first-order chi connectivity index (χ1) is 16.3. The number of azide groups is 1. The summed E-state index contributed by atoms with van der Waals surface area (Å²) in [6.07, 6.45) is 0. The first-order valence-corrected chi connectivity index (χ1v) is 9.71. The van der Waals surface area contributed by atoms with Gasteiger partial charge in [-0.15, -0.1) is 0 Å². The number of nitrogens with one attached hydrogen (secondary N) is 2. The van der Waals surface area contributed by atoms with E-state index in [1.54, 1.807) is 24.3 Å². The highest BCUT2D eigenvalue weighted by atomic mass is 16.4. The van der Waals surface area contributed by atoms with Gasteiger partial charge in [0.1, 0.15) is 0 Å². The first kappa shape index (κ1) is 23.5. The Balaban J connectivity index is 1.68. The fourth-order valence-electron chi connectivity index (χ4n) is 2.93. The maximum absolute atomic E-state index is 12.5. The molecule has 0 fully saturated rings. The predicted molar refractivity (Wildman–Crippen MR) is 122 cm³/mol. The molecule has 0 aliphatic rings. The van der Waals surface area contributed by atoms with Crippen molar-refractivity contribution in [1.29, 1.82) is 0 Å². The van der Waals surface area contributed by atoms with Crippen LogP contribution in [-0.4, -0.2) is 34.0 Å². The highest BCUT2D eigenvalue weighted by Crippen LogP contribution is 2.18. The summed E-state index contributed by atoms with van der Waals surface area (Å²) < 4.78 is 0. The fourth-order valence-corrected chi connectivity index (χ4v) is 2.93. The average Bonchev–Trinajstić information content (AvgIpc) is 2.83. The molecule has 2 amide bonds. The van der Waals surface area contributed by atoms with Crippen molar-refractivity contribution in [3.63, 3.8) is 0 Å². The summed E-state index contributed by atoms with van der Waals surface area (Å²) in [5.74, 6) is -3.63. The van der Waals surface area contributed by atoms with Gasteiger partial charge in [-0.2, -0.15) is 0 Å². The summed E-state index contributed by atoms with van der Waals surface area (Å²) in [5, 5.41) is 26.9. The molecule has 0 aromatic heterocycles. The van der Waals surface area contributed by atoms with E-state index in [0.717, 1.165) is 23.8 Å². The van der Waals surface area contributed by atoms with Crippen LogP contribution in [-0.2, 0) is 6.54 Å². The van der Waals surface area contributed by atoms with Crippen LogP contribution < -0.4 is 10.6 Å². The van der Waals surface area contributed by atoms with Crippen molar-refractivity contribution in [1.82, 2.24) is 0 Å². The van der Waals surface area contributed by atoms with E-state index < -0.39 is 17.8 Å². The van der Waals surface area contributed by atoms with Crippen molar-refractivity contribution in [3.8, 4) is 0 Å². The lowest BCUT2D eigenvalue weighted by Gasteiger charge is -2.09. The average molecular weight is 459 g/mol. The first-order valence-electron chi connectivity index (χ1n) is 9.71. The molecule has 0 aliphatic carbocycles. The molecule has 0 unspecified atom stereocenters. The van der Waals surface area contributed by atoms with Crippen molar-refractivity contribution in [3.05, 3.63) is 105 Å². The Morgan fingerprint density at radius 3 is 1.65 bits per heavy atom. The molecule has 0 saturated carbocycles. The zero-order chi connectivity index (χ0) is 24.7. The molecule has 11 heteroatoms. The maximum atomic E-state index is 12.5. The number of nitrogens with zero attached hydrogens (tertiary/aromatic N) is 3. The van der Waals surface area contributed by atoms with Crippen LogP contribution in [0.3, 0.4) is 0 Å². The molecule has 0 radical (unpaired) electrons. The lowest BCUT2D eigenvalue weighted by molar-refractivity contribution is 0.0696. The van der Waals surface area contributed by atoms with Gasteiger partial charge in [0.2, 0.25) is 0 Å². The van der Waals surface area contributed by atoms with Crippen LogP contribution in [0.2, 0.25) is 0 Å². The molecule has 0 spiro atoms. The zero-order valence-corrected chi connectivity index (χ0v) is 17.4. The number of rotatable bonds is 8. The summed E-state index contributed by atoms with van der Waals surface area (Å²) in [5.41, 5.74) is 9.59. The number of carboxylic acid groups (broad SMARTS) is 2. The molecule has 3 rings (SSSR count). The summed E-state index contributed by atoms with van der Waals surface area (Å²) in [6, 6.07) is 15.8. The second-order valence-electron chi connectivity index (χ2n) is 6.98. The van der Waals surface area contributed by atoms with Gasteiger partial charge in [-0.3, -0.25) is 9.59 Å². The third-order valence-corrected chi connectivity index (χ3v) is 4.62. The third kappa shape index (κ3) is 5.96. The number of carbonyl (C=O) groups excluding carboxylic acids is 2. The Morgan fingerprint density at radius 1 is 0.706 bits per heavy atom. The van der Waals surface area contributed by atoms with Crippen molar-refractivity contribution in [2.24, 2.45) is 5.11 Å². The molecule has 0 saturated heterocycles. The Bertz CT molecular complexity index is 1280. The smallest absolute Gasteiger partial charge is 0.335 e. The standard InChI is InChI=1S/C23H17N5O6/c24-28-25-12-13-1-3-14(4-2-13)20(29)26-18-7-5-15(6-8-18)21(30)27-19-10-16(22(31)32)9-17(11-19)23(33)34/h1-11H,12H2,(H,26,29)(H,27,30)(H,31,32)(H,33,34). The number of benzene rings is 3. The molecule has 3 aromatic carbocycles. The molecule has 0 atom stereocenters. The molecule has 170 valence electrons. The number of carbonyl (C=O) groups is 4. The minimum absolute atomic E-state index is 0.0172. The van der Waals surface area contributed by atoms with Crippen molar-refractivity contribution < 1.29 is 29.4 Å². The number of hydrogen-bond acceptors (Lipinski definition) is 5. The van der Waals surface area contributed by atoms with E-state index in [0.29, 0.717) is 11.3 Å². The molecular formula is C23H17N5O6. The lowest BCUT2D eigenvalue weighted by atomic mass is 10.1. The van der Waals surface area contributed by atoms with E-state index in [1.807, 2.05) is 0 Å². The van der Waals surface area contributed by atoms with Crippen LogP contribution in [0.25, 0.3) is 10.4 Å². The van der Waals surface area contributed by atoms with Gasteiger partial charge in [0.25, 0.3) is 11.8 Å². The van der Waals surface area contributed by atoms with Gasteiger partial charge in [0.05, 0.1) is 17.7 Å². The van der Waals surface area contributed by atoms with Crippen LogP contribution in [0, 0.1) is 0 Å². The summed E-state index contributed by atoms with van der Waals surface area (Å²) in [7, 11) is 0. The SMILES string of the molecule is [N-]=[N+]=NCc1ccc(C(=O)Nc2ccc(C(=O)Nc3cc(C(=O)O)cc(C(=O)O)c3)cc2)cc1. The van der Waals surface area contributed by atoms with Gasteiger partial charge < -0.3 is 20.8 Å². The van der Waals surface area contributed by atoms with Gasteiger partial charge in [0, 0.05) is 27.4 Å². The lowest BCUT2D eigenvalue weighted by Crippen LogP contribution is -2.14. The second-order valence-corrected chi connectivity index (χ2v) is 6.98. The van der Waals surface area contributed by atoms with Crippen LogP contribution in [0.1, 0.15) is 47.0 Å². The van der Waals surface area contributed by atoms with E-state index in [9.17, 15) is 19.2 Å². The molecule has 0 heterocycles. The van der Waals surface area contributed by atoms with Crippen molar-refractivity contribution >= 4 is 35.1 Å². The highest BCUT2D eigenvalue weighted by Gasteiger charge is 2.14. The molecular weight excluding hydrogens is 442 g/mol. The van der Waals surface area contributed by atoms with E-state index in [-0.39, 0.29) is 34.8 Å². The Hall–Kier alpha value is -5.15. The number of hydrogen-bond donors (Lipinski definition) is 4. The number of amides is 2. The largest absolute Gasteiger partial charge is 0.478 e. The highest BCUT2D eigenvalue weighted by molar-refractivity contribution is 6.07. The number of carboxylic acids is 2. The van der Waals surface area contributed by atoms with Gasteiger partial charge in [-0.05, 0) is 65.7 Å². The minimum Gasteiger partial charge on any atom is -0.478 e. The van der Waals surface area contributed by atoms with Crippen molar-refractivity contribution in [2.45, 2.75) is 6.54 Å². The molecule has 0 aliphatic heterocycles. The minimum atomic E-state index is -1.33. The van der Waals surface area contributed by atoms with Crippen LogP contribution in [0.15, 0.2) is 71.8 Å². The van der Waals surface area contributed by atoms with Gasteiger partial charge in [0.15, 0.2) is 0 Å². The van der Waals surface area contributed by atoms with Crippen molar-refractivity contribution in [2.75, 3.05) is 10.6 Å². The quantitative estimate of drug-likeness (QED) is 0.220. The molecule has 0 bridgehead atoms. The Labute approximate surface area is 192 Å². The van der Waals surface area contributed by atoms with E-state index in [2.05, 4.69) is 20.7 Å². The Kier molecular flexibility index (Phi) is 7.22. The predicted octanol–water partition coefficient (Wildman–Crippen LogP) is 4.40. The summed E-state index contributed by atoms with van der Waals surface area (Å²) in [6.45, 7) is 0.181. The van der Waals surface area contributed by atoms with Gasteiger partial charge in [-0.1, -0.05) is 17.2 Å². The maximum Gasteiger partial charge on any atom is 0.335 e. The van der Waals surface area contributed by atoms with Crippen LogP contribution >= 0.6 is 0 Å². The summed E-state index contributed by atoms with van der Waals surface area (Å²) in [4.78, 5) is 50.0. The topological polar surface area (TPSA) is 182 Å². The van der Waals surface area contributed by atoms with E-state index in [1.165, 1.54) is 24.3 Å². The second kappa shape index (κ2) is 10.4. The monoisotopic (exact) mass is 459 g/mol. The van der Waals surface area contributed by atoms with Gasteiger partial charge in [-0.25, -0.2) is 9.59 Å². The normalized spacial score (nSPS) is 10.0. The molecule has 3 aromatic rings. The molecule has 4 N–H and O–H groups in total.